The van der Waals surface area contributed by atoms with Crippen LogP contribution in [0, 0.1) is 5.92 Å². The lowest BCUT2D eigenvalue weighted by Gasteiger charge is -2.30. The molecule has 0 aliphatic heterocycles. The number of sulfonamides is 2. The lowest BCUT2D eigenvalue weighted by atomic mass is 10.1. The molecule has 0 saturated carbocycles. The first-order valence-corrected chi connectivity index (χ1v) is 14.5. The number of alkyl halides is 6. The molecule has 10 nitrogen and oxygen atoms in total. The lowest BCUT2D eigenvalue weighted by Crippen LogP contribution is -2.63. The number of amides is 1. The van der Waals surface area contributed by atoms with Crippen LogP contribution >= 0.6 is 0 Å². The lowest BCUT2D eigenvalue weighted by molar-refractivity contribution is -0.245. The van der Waals surface area contributed by atoms with Crippen LogP contribution < -0.4 is 13.6 Å². The summed E-state index contributed by atoms with van der Waals surface area (Å²) in [6.45, 7) is 3.62. The van der Waals surface area contributed by atoms with Crippen LogP contribution in [0.1, 0.15) is 25.8 Å². The smallest absolute Gasteiger partial charge is 0.378 e. The van der Waals surface area contributed by atoms with Gasteiger partial charge in [-0.2, -0.15) is 34.8 Å². The zero-order valence-electron chi connectivity index (χ0n) is 18.8. The third-order valence-electron chi connectivity index (χ3n) is 4.55. The standard InChI is InChI=1S/C17H22F6N2O8S3/c1-4-11(2)14(26)24-10-9-12-5-7-13(8-6-12)33-36(31,32)17(22,23)15(18,19)16(20,21)35(29,30)25-34(3,27)28/h5-8,11,25H,4,9-10H2,1-3H3,(H,24,26). The van der Waals surface area contributed by atoms with E-state index < -0.39 is 52.3 Å². The van der Waals surface area contributed by atoms with E-state index in [4.69, 9.17) is 0 Å². The van der Waals surface area contributed by atoms with Gasteiger partial charge in [0.05, 0.1) is 6.26 Å². The number of carbonyl (C=O) groups is 1. The first kappa shape index (κ1) is 31.9. The van der Waals surface area contributed by atoms with Crippen molar-refractivity contribution in [2.45, 2.75) is 43.1 Å². The van der Waals surface area contributed by atoms with E-state index in [0.717, 1.165) is 24.3 Å². The summed E-state index contributed by atoms with van der Waals surface area (Å²) in [4.78, 5) is 11.7. The maximum absolute atomic E-state index is 14.1. The molecule has 2 N–H and O–H groups in total. The molecule has 36 heavy (non-hydrogen) atoms. The monoisotopic (exact) mass is 592 g/mol. The highest BCUT2D eigenvalue weighted by atomic mass is 32.3. The normalized spacial score (nSPS) is 14.8. The Bertz CT molecular complexity index is 1270. The summed E-state index contributed by atoms with van der Waals surface area (Å²) in [5, 5.41) is -11.2. The van der Waals surface area contributed by atoms with Crippen LogP contribution in [0.25, 0.3) is 0 Å². The second-order valence-corrected chi connectivity index (χ2v) is 12.8. The predicted molar refractivity (Wildman–Crippen MR) is 114 cm³/mol. The Morgan fingerprint density at radius 1 is 0.944 bits per heavy atom. The van der Waals surface area contributed by atoms with Crippen molar-refractivity contribution in [3.63, 3.8) is 0 Å². The van der Waals surface area contributed by atoms with E-state index in [0.29, 0.717) is 12.0 Å². The van der Waals surface area contributed by atoms with Crippen LogP contribution in [0.4, 0.5) is 26.3 Å². The van der Waals surface area contributed by atoms with Gasteiger partial charge in [0.1, 0.15) is 5.75 Å². The summed E-state index contributed by atoms with van der Waals surface area (Å²) in [5.74, 6) is -8.70. The second-order valence-electron chi connectivity index (χ2n) is 7.50. The van der Waals surface area contributed by atoms with Crippen molar-refractivity contribution in [1.82, 2.24) is 9.44 Å². The van der Waals surface area contributed by atoms with Gasteiger partial charge in [-0.15, -0.1) is 4.13 Å². The van der Waals surface area contributed by atoms with Crippen LogP contribution in [0.15, 0.2) is 24.3 Å². The fourth-order valence-electron chi connectivity index (χ4n) is 2.33. The molecule has 1 aromatic carbocycles. The SMILES string of the molecule is CCC(C)C(=O)NCCc1ccc(OS(=O)(=O)C(F)(F)C(F)(F)C(F)(F)S(=O)(=O)NS(C)(=O)=O)cc1. The van der Waals surface area contributed by atoms with Crippen LogP contribution in [0.2, 0.25) is 0 Å². The Labute approximate surface area is 203 Å². The molecule has 19 heteroatoms. The van der Waals surface area contributed by atoms with Gasteiger partial charge in [-0.25, -0.2) is 16.8 Å². The molecule has 0 bridgehead atoms. The van der Waals surface area contributed by atoms with Gasteiger partial charge in [-0.05, 0) is 30.5 Å². The van der Waals surface area contributed by atoms with E-state index in [1.165, 1.54) is 0 Å². The minimum absolute atomic E-state index is 0.0555. The van der Waals surface area contributed by atoms with Crippen molar-refractivity contribution in [1.29, 1.82) is 0 Å². The molecule has 0 aliphatic carbocycles. The minimum atomic E-state index is -7.19. The molecular formula is C17H22F6N2O8S3. The third kappa shape index (κ3) is 6.80. The molecule has 1 unspecified atom stereocenters. The average Bonchev–Trinajstić information content (AvgIpc) is 2.71. The van der Waals surface area contributed by atoms with Crippen molar-refractivity contribution in [3.05, 3.63) is 29.8 Å². The fraction of sp³-hybridized carbons (Fsp3) is 0.588. The highest BCUT2D eigenvalue weighted by Crippen LogP contribution is 2.51. The van der Waals surface area contributed by atoms with Crippen molar-refractivity contribution in [2.75, 3.05) is 12.8 Å². The Kier molecular flexibility index (Phi) is 9.49. The van der Waals surface area contributed by atoms with Gasteiger partial charge >= 0.3 is 26.5 Å². The van der Waals surface area contributed by atoms with Crippen LogP contribution in [0.5, 0.6) is 5.75 Å². The molecule has 208 valence electrons. The van der Waals surface area contributed by atoms with E-state index in [-0.39, 0.29) is 35.2 Å². The topological polar surface area (TPSA) is 153 Å². The maximum atomic E-state index is 14.1. The summed E-state index contributed by atoms with van der Waals surface area (Å²) >= 11 is 0. The number of rotatable bonds is 13. The molecule has 1 amide bonds. The quantitative estimate of drug-likeness (QED) is 0.260. The summed E-state index contributed by atoms with van der Waals surface area (Å²) in [7, 11) is -19.2. The van der Waals surface area contributed by atoms with E-state index in [1.54, 1.807) is 13.8 Å². The highest BCUT2D eigenvalue weighted by Gasteiger charge is 2.83. The zero-order chi connectivity index (χ0) is 28.4. The summed E-state index contributed by atoms with van der Waals surface area (Å²) in [6, 6.07) is 3.65. The summed E-state index contributed by atoms with van der Waals surface area (Å²) in [6.07, 6.45) is 0.711. The fourth-order valence-corrected chi connectivity index (χ4v) is 5.78. The Morgan fingerprint density at radius 2 is 1.44 bits per heavy atom. The van der Waals surface area contributed by atoms with E-state index in [1.807, 2.05) is 0 Å². The number of hydrogen-bond donors (Lipinski definition) is 2. The van der Waals surface area contributed by atoms with Gasteiger partial charge in [0, 0.05) is 12.5 Å². The first-order chi connectivity index (χ1) is 16.0. The Balaban J connectivity index is 3.10. The van der Waals surface area contributed by atoms with Gasteiger partial charge in [0.15, 0.2) is 0 Å². The van der Waals surface area contributed by atoms with Gasteiger partial charge < -0.3 is 9.50 Å². The molecular weight excluding hydrogens is 570 g/mol. The minimum Gasteiger partial charge on any atom is -0.378 e. The molecule has 0 fully saturated rings. The van der Waals surface area contributed by atoms with Crippen molar-refractivity contribution < 1.29 is 60.6 Å². The van der Waals surface area contributed by atoms with Gasteiger partial charge in [0.25, 0.3) is 10.0 Å². The largest absolute Gasteiger partial charge is 0.450 e. The predicted octanol–water partition coefficient (Wildman–Crippen LogP) is 1.80. The van der Waals surface area contributed by atoms with E-state index >= 15 is 0 Å². The van der Waals surface area contributed by atoms with E-state index in [2.05, 4.69) is 9.50 Å². The van der Waals surface area contributed by atoms with Crippen molar-refractivity contribution in [2.24, 2.45) is 5.92 Å². The number of benzene rings is 1. The molecule has 0 aliphatic rings. The molecule has 1 aromatic rings. The molecule has 0 spiro atoms. The third-order valence-corrected chi connectivity index (χ3v) is 8.86. The van der Waals surface area contributed by atoms with Gasteiger partial charge in [-0.1, -0.05) is 26.0 Å². The van der Waals surface area contributed by atoms with Crippen LogP contribution in [-0.2, 0) is 41.4 Å². The van der Waals surface area contributed by atoms with Crippen molar-refractivity contribution in [3.8, 4) is 5.75 Å². The number of hydrogen-bond acceptors (Lipinski definition) is 8. The first-order valence-electron chi connectivity index (χ1n) is 9.69. The van der Waals surface area contributed by atoms with Crippen LogP contribution in [0.3, 0.4) is 0 Å². The molecule has 1 rings (SSSR count). The average molecular weight is 593 g/mol. The van der Waals surface area contributed by atoms with Gasteiger partial charge in [0.2, 0.25) is 15.9 Å². The Hall–Kier alpha value is -2.12. The van der Waals surface area contributed by atoms with Crippen molar-refractivity contribution >= 4 is 36.1 Å². The second kappa shape index (κ2) is 10.7. The van der Waals surface area contributed by atoms with Crippen LogP contribution in [-0.4, -0.2) is 60.4 Å². The zero-order valence-corrected chi connectivity index (χ0v) is 21.2. The molecule has 0 aromatic heterocycles. The maximum Gasteiger partial charge on any atom is 0.450 e. The Morgan fingerprint density at radius 3 is 1.89 bits per heavy atom. The molecule has 1 atom stereocenters. The number of carbonyl (C=O) groups excluding carboxylic acids is 1. The molecule has 0 radical (unpaired) electrons. The van der Waals surface area contributed by atoms with Gasteiger partial charge in [-0.3, -0.25) is 4.79 Å². The summed E-state index contributed by atoms with van der Waals surface area (Å²) in [5.41, 5.74) is 0.408. The summed E-state index contributed by atoms with van der Waals surface area (Å²) < 4.78 is 156. The molecule has 0 saturated heterocycles. The highest BCUT2D eigenvalue weighted by molar-refractivity contribution is 8.04. The number of nitrogens with one attached hydrogen (secondary N) is 2. The van der Waals surface area contributed by atoms with E-state index in [9.17, 15) is 56.4 Å². The molecule has 0 heterocycles. The number of halogens is 6.